The van der Waals surface area contributed by atoms with E-state index in [-0.39, 0.29) is 5.56 Å². The third-order valence-corrected chi connectivity index (χ3v) is 2.66. The second kappa shape index (κ2) is 5.87. The van der Waals surface area contributed by atoms with Crippen LogP contribution in [-0.4, -0.2) is 27.7 Å². The van der Waals surface area contributed by atoms with Gasteiger partial charge < -0.3 is 15.4 Å². The lowest BCUT2D eigenvalue weighted by molar-refractivity contribution is 0.176. The molecule has 1 heterocycles. The van der Waals surface area contributed by atoms with Crippen molar-refractivity contribution in [3.8, 4) is 0 Å². The van der Waals surface area contributed by atoms with Gasteiger partial charge in [-0.15, -0.1) is 0 Å². The Morgan fingerprint density at radius 2 is 2.47 bits per heavy atom. The summed E-state index contributed by atoms with van der Waals surface area (Å²) in [5.74, 6) is 0.453. The van der Waals surface area contributed by atoms with Crippen molar-refractivity contribution in [3.63, 3.8) is 0 Å². The molecule has 5 nitrogen and oxygen atoms in total. The van der Waals surface area contributed by atoms with Crippen LogP contribution >= 0.6 is 15.9 Å². The van der Waals surface area contributed by atoms with Gasteiger partial charge in [0.15, 0.2) is 0 Å². The summed E-state index contributed by atoms with van der Waals surface area (Å²) in [6, 6.07) is 0. The van der Waals surface area contributed by atoms with Crippen LogP contribution in [0.1, 0.15) is 19.8 Å². The molecule has 1 unspecified atom stereocenters. The van der Waals surface area contributed by atoms with Crippen molar-refractivity contribution in [1.29, 1.82) is 0 Å². The standard InChI is InChI=1S/C9H14BrN3O2/c1-2-3-6(14)4-11-8-7(10)9(15)13-5-12-8/h5-6,14H,2-4H2,1H3,(H2,11,12,13,15). The van der Waals surface area contributed by atoms with Gasteiger partial charge in [0.05, 0.1) is 12.4 Å². The molecule has 1 rings (SSSR count). The summed E-state index contributed by atoms with van der Waals surface area (Å²) in [6.45, 7) is 2.40. The zero-order chi connectivity index (χ0) is 11.3. The maximum Gasteiger partial charge on any atom is 0.267 e. The van der Waals surface area contributed by atoms with Gasteiger partial charge in [-0.1, -0.05) is 13.3 Å². The number of hydrogen-bond donors (Lipinski definition) is 3. The Balaban J connectivity index is 2.58. The lowest BCUT2D eigenvalue weighted by atomic mass is 10.2. The number of anilines is 1. The van der Waals surface area contributed by atoms with Gasteiger partial charge in [0, 0.05) is 6.54 Å². The van der Waals surface area contributed by atoms with Gasteiger partial charge in [-0.05, 0) is 22.4 Å². The summed E-state index contributed by atoms with van der Waals surface area (Å²) >= 11 is 3.12. The van der Waals surface area contributed by atoms with Gasteiger partial charge in [0.1, 0.15) is 10.3 Å². The van der Waals surface area contributed by atoms with Gasteiger partial charge in [-0.25, -0.2) is 4.98 Å². The summed E-state index contributed by atoms with van der Waals surface area (Å²) in [4.78, 5) is 17.5. The van der Waals surface area contributed by atoms with E-state index in [0.29, 0.717) is 16.8 Å². The first-order valence-electron chi connectivity index (χ1n) is 4.80. The van der Waals surface area contributed by atoms with Crippen LogP contribution in [0.3, 0.4) is 0 Å². The molecule has 0 aliphatic carbocycles. The molecule has 0 spiro atoms. The molecule has 0 aliphatic rings. The predicted octanol–water partition coefficient (Wildman–Crippen LogP) is 1.11. The number of aliphatic hydroxyl groups excluding tert-OH is 1. The van der Waals surface area contributed by atoms with Crippen LogP contribution in [0.4, 0.5) is 5.82 Å². The van der Waals surface area contributed by atoms with E-state index >= 15 is 0 Å². The Hall–Kier alpha value is -0.880. The lowest BCUT2D eigenvalue weighted by Gasteiger charge is -2.11. The van der Waals surface area contributed by atoms with Crippen molar-refractivity contribution in [1.82, 2.24) is 9.97 Å². The zero-order valence-corrected chi connectivity index (χ0v) is 10.0. The molecule has 84 valence electrons. The van der Waals surface area contributed by atoms with Gasteiger partial charge in [0.25, 0.3) is 5.56 Å². The highest BCUT2D eigenvalue weighted by atomic mass is 79.9. The maximum absolute atomic E-state index is 11.2. The Morgan fingerprint density at radius 3 is 3.13 bits per heavy atom. The lowest BCUT2D eigenvalue weighted by Crippen LogP contribution is -2.21. The molecule has 0 saturated heterocycles. The molecule has 0 saturated carbocycles. The maximum atomic E-state index is 11.2. The fraction of sp³-hybridized carbons (Fsp3) is 0.556. The van der Waals surface area contributed by atoms with Crippen LogP contribution in [0.5, 0.6) is 0 Å². The SMILES string of the molecule is CCCC(O)CNc1nc[nH]c(=O)c1Br. The highest BCUT2D eigenvalue weighted by Crippen LogP contribution is 2.13. The number of halogens is 1. The largest absolute Gasteiger partial charge is 0.391 e. The van der Waals surface area contributed by atoms with Crippen molar-refractivity contribution in [2.75, 3.05) is 11.9 Å². The van der Waals surface area contributed by atoms with Gasteiger partial charge in [-0.3, -0.25) is 4.79 Å². The molecule has 1 aromatic heterocycles. The Kier molecular flexibility index (Phi) is 4.77. The van der Waals surface area contributed by atoms with Crippen LogP contribution in [0, 0.1) is 0 Å². The first-order valence-corrected chi connectivity index (χ1v) is 5.59. The molecule has 0 aromatic carbocycles. The van der Waals surface area contributed by atoms with Crippen LogP contribution < -0.4 is 10.9 Å². The van der Waals surface area contributed by atoms with Gasteiger partial charge >= 0.3 is 0 Å². The van der Waals surface area contributed by atoms with E-state index in [9.17, 15) is 9.90 Å². The van der Waals surface area contributed by atoms with Gasteiger partial charge in [-0.2, -0.15) is 0 Å². The average molecular weight is 276 g/mol. The van der Waals surface area contributed by atoms with E-state index in [4.69, 9.17) is 0 Å². The number of hydrogen-bond acceptors (Lipinski definition) is 4. The summed E-state index contributed by atoms with van der Waals surface area (Å²) in [7, 11) is 0. The quantitative estimate of drug-likeness (QED) is 0.752. The molecule has 0 amide bonds. The predicted molar refractivity (Wildman–Crippen MR) is 62.0 cm³/mol. The number of nitrogens with one attached hydrogen (secondary N) is 2. The highest BCUT2D eigenvalue weighted by molar-refractivity contribution is 9.10. The van der Waals surface area contributed by atoms with E-state index in [1.54, 1.807) is 0 Å². The second-order valence-corrected chi connectivity index (χ2v) is 4.01. The topological polar surface area (TPSA) is 78.0 Å². The third kappa shape index (κ3) is 3.64. The highest BCUT2D eigenvalue weighted by Gasteiger charge is 2.07. The first kappa shape index (κ1) is 12.2. The molecular formula is C9H14BrN3O2. The molecule has 0 bridgehead atoms. The molecular weight excluding hydrogens is 262 g/mol. The summed E-state index contributed by atoms with van der Waals surface area (Å²) in [5, 5.41) is 12.4. The monoisotopic (exact) mass is 275 g/mol. The second-order valence-electron chi connectivity index (χ2n) is 3.22. The number of rotatable bonds is 5. The minimum atomic E-state index is -0.414. The molecule has 1 aromatic rings. The zero-order valence-electron chi connectivity index (χ0n) is 8.46. The van der Waals surface area contributed by atoms with Crippen LogP contribution in [-0.2, 0) is 0 Å². The van der Waals surface area contributed by atoms with Crippen molar-refractivity contribution in [2.45, 2.75) is 25.9 Å². The van der Waals surface area contributed by atoms with E-state index in [1.165, 1.54) is 6.33 Å². The van der Waals surface area contributed by atoms with E-state index in [1.807, 2.05) is 6.92 Å². The van der Waals surface area contributed by atoms with Crippen LogP contribution in [0.15, 0.2) is 15.6 Å². The fourth-order valence-electron chi connectivity index (χ4n) is 1.16. The first-order chi connectivity index (χ1) is 7.15. The fourth-order valence-corrected chi connectivity index (χ4v) is 1.51. The molecule has 3 N–H and O–H groups in total. The average Bonchev–Trinajstić information content (AvgIpc) is 2.21. The Morgan fingerprint density at radius 1 is 1.73 bits per heavy atom. The number of aliphatic hydroxyl groups is 1. The molecule has 15 heavy (non-hydrogen) atoms. The summed E-state index contributed by atoms with van der Waals surface area (Å²) in [5.41, 5.74) is -0.238. The van der Waals surface area contributed by atoms with Crippen molar-refractivity contribution >= 4 is 21.7 Å². The van der Waals surface area contributed by atoms with Crippen molar-refractivity contribution in [2.24, 2.45) is 0 Å². The molecule has 0 fully saturated rings. The molecule has 1 atom stereocenters. The molecule has 0 radical (unpaired) electrons. The van der Waals surface area contributed by atoms with Crippen LogP contribution in [0.2, 0.25) is 0 Å². The van der Waals surface area contributed by atoms with Crippen molar-refractivity contribution in [3.05, 3.63) is 21.2 Å². The number of aromatic nitrogens is 2. The minimum absolute atomic E-state index is 0.238. The van der Waals surface area contributed by atoms with Crippen molar-refractivity contribution < 1.29 is 5.11 Å². The Bertz CT molecular complexity index is 367. The minimum Gasteiger partial charge on any atom is -0.391 e. The van der Waals surface area contributed by atoms with E-state index in [2.05, 4.69) is 31.2 Å². The molecule has 0 aliphatic heterocycles. The molecule has 6 heteroatoms. The summed E-state index contributed by atoms with van der Waals surface area (Å²) < 4.78 is 0.355. The number of nitrogens with zero attached hydrogens (tertiary/aromatic N) is 1. The number of H-pyrrole nitrogens is 1. The van der Waals surface area contributed by atoms with E-state index < -0.39 is 6.10 Å². The number of aromatic amines is 1. The summed E-state index contributed by atoms with van der Waals surface area (Å²) in [6.07, 6.45) is 2.56. The third-order valence-electron chi connectivity index (χ3n) is 1.92. The normalized spacial score (nSPS) is 12.5. The van der Waals surface area contributed by atoms with Gasteiger partial charge in [0.2, 0.25) is 0 Å². The van der Waals surface area contributed by atoms with E-state index in [0.717, 1.165) is 12.8 Å². The Labute approximate surface area is 96.1 Å². The smallest absolute Gasteiger partial charge is 0.267 e. The van der Waals surface area contributed by atoms with Crippen LogP contribution in [0.25, 0.3) is 0 Å².